The second kappa shape index (κ2) is 5.19. The molecule has 0 saturated heterocycles. The lowest BCUT2D eigenvalue weighted by molar-refractivity contribution is -0.121. The van der Waals surface area contributed by atoms with Crippen LogP contribution >= 0.6 is 0 Å². The van der Waals surface area contributed by atoms with Crippen LogP contribution in [0.2, 0.25) is 0 Å². The Bertz CT molecular complexity index is 378. The Hall–Kier alpha value is -1.25. The molecule has 1 N–H and O–H groups in total. The molecule has 16 heavy (non-hydrogen) atoms. The Kier molecular flexibility index (Phi) is 4.16. The van der Waals surface area contributed by atoms with Gasteiger partial charge in [0.2, 0.25) is 5.91 Å². The van der Waals surface area contributed by atoms with E-state index >= 15 is 0 Å². The van der Waals surface area contributed by atoms with Crippen molar-refractivity contribution in [3.05, 3.63) is 23.0 Å². The fourth-order valence-corrected chi connectivity index (χ4v) is 1.62. The zero-order valence-electron chi connectivity index (χ0n) is 10.9. The quantitative estimate of drug-likeness (QED) is 0.832. The van der Waals surface area contributed by atoms with Crippen molar-refractivity contribution in [3.8, 4) is 0 Å². The van der Waals surface area contributed by atoms with Gasteiger partial charge in [0.1, 0.15) is 6.54 Å². The highest BCUT2D eigenvalue weighted by atomic mass is 16.1. The van der Waals surface area contributed by atoms with Gasteiger partial charge >= 0.3 is 0 Å². The fraction of sp³-hybridized carbons (Fsp3) is 0.615. The van der Waals surface area contributed by atoms with E-state index in [4.69, 9.17) is 0 Å². The van der Waals surface area contributed by atoms with E-state index in [1.54, 1.807) is 0 Å². The standard InChI is InChI=1S/C13H22N2O/c1-9(2)6-14-13(16)8-15-7-10(3)11(4)12(15)5/h7,9H,6,8H2,1-5H3,(H,14,16). The largest absolute Gasteiger partial charge is 0.354 e. The van der Waals surface area contributed by atoms with Crippen LogP contribution in [-0.4, -0.2) is 17.0 Å². The van der Waals surface area contributed by atoms with Gasteiger partial charge < -0.3 is 9.88 Å². The van der Waals surface area contributed by atoms with Crippen molar-refractivity contribution in [3.63, 3.8) is 0 Å². The summed E-state index contributed by atoms with van der Waals surface area (Å²) in [6.07, 6.45) is 2.04. The second-order valence-electron chi connectivity index (χ2n) is 4.85. The number of nitrogens with zero attached hydrogens (tertiary/aromatic N) is 1. The van der Waals surface area contributed by atoms with Crippen LogP contribution in [0.4, 0.5) is 0 Å². The first kappa shape index (κ1) is 12.8. The first-order valence-electron chi connectivity index (χ1n) is 5.81. The van der Waals surface area contributed by atoms with E-state index in [9.17, 15) is 4.79 Å². The van der Waals surface area contributed by atoms with Gasteiger partial charge in [-0.1, -0.05) is 13.8 Å². The van der Waals surface area contributed by atoms with Crippen LogP contribution in [0.1, 0.15) is 30.7 Å². The molecule has 3 nitrogen and oxygen atoms in total. The van der Waals surface area contributed by atoms with Crippen LogP contribution in [0.15, 0.2) is 6.20 Å². The smallest absolute Gasteiger partial charge is 0.239 e. The molecule has 0 atom stereocenters. The summed E-state index contributed by atoms with van der Waals surface area (Å²) in [5, 5.41) is 2.93. The fourth-order valence-electron chi connectivity index (χ4n) is 1.62. The third-order valence-electron chi connectivity index (χ3n) is 2.94. The van der Waals surface area contributed by atoms with Crippen molar-refractivity contribution in [2.24, 2.45) is 5.92 Å². The van der Waals surface area contributed by atoms with Gasteiger partial charge in [0.05, 0.1) is 0 Å². The molecular formula is C13H22N2O. The molecule has 0 unspecified atom stereocenters. The van der Waals surface area contributed by atoms with Crippen molar-refractivity contribution >= 4 is 5.91 Å². The van der Waals surface area contributed by atoms with Gasteiger partial charge in [-0.3, -0.25) is 4.79 Å². The Labute approximate surface area is 97.8 Å². The van der Waals surface area contributed by atoms with Gasteiger partial charge in [-0.2, -0.15) is 0 Å². The molecule has 1 amide bonds. The molecule has 1 aromatic heterocycles. The van der Waals surface area contributed by atoms with E-state index in [1.165, 1.54) is 16.8 Å². The summed E-state index contributed by atoms with van der Waals surface area (Å²) >= 11 is 0. The topological polar surface area (TPSA) is 34.0 Å². The SMILES string of the molecule is Cc1cn(CC(=O)NCC(C)C)c(C)c1C. The molecule has 0 fully saturated rings. The van der Waals surface area contributed by atoms with Gasteiger partial charge in [0.25, 0.3) is 0 Å². The average Bonchev–Trinajstić information content (AvgIpc) is 2.43. The van der Waals surface area contributed by atoms with Crippen LogP contribution in [0.25, 0.3) is 0 Å². The molecule has 1 heterocycles. The summed E-state index contributed by atoms with van der Waals surface area (Å²) in [6, 6.07) is 0. The Balaban J connectivity index is 2.60. The molecule has 0 aromatic carbocycles. The van der Waals surface area contributed by atoms with Crippen molar-refractivity contribution in [2.75, 3.05) is 6.54 Å². The highest BCUT2D eigenvalue weighted by molar-refractivity contribution is 5.75. The molecule has 0 aliphatic rings. The normalized spacial score (nSPS) is 10.9. The Morgan fingerprint density at radius 2 is 2.00 bits per heavy atom. The van der Waals surface area contributed by atoms with E-state index in [1.807, 2.05) is 10.8 Å². The minimum absolute atomic E-state index is 0.0896. The molecule has 0 radical (unpaired) electrons. The highest BCUT2D eigenvalue weighted by Gasteiger charge is 2.08. The number of aromatic nitrogens is 1. The number of hydrogen-bond donors (Lipinski definition) is 1. The predicted molar refractivity (Wildman–Crippen MR) is 66.5 cm³/mol. The third kappa shape index (κ3) is 3.12. The van der Waals surface area contributed by atoms with Gasteiger partial charge in [0.15, 0.2) is 0 Å². The monoisotopic (exact) mass is 222 g/mol. The molecule has 0 bridgehead atoms. The molecule has 1 aromatic rings. The van der Waals surface area contributed by atoms with Crippen molar-refractivity contribution in [1.29, 1.82) is 0 Å². The number of carbonyl (C=O) groups is 1. The zero-order valence-corrected chi connectivity index (χ0v) is 10.9. The summed E-state index contributed by atoms with van der Waals surface area (Å²) in [4.78, 5) is 11.7. The highest BCUT2D eigenvalue weighted by Crippen LogP contribution is 2.14. The number of amides is 1. The van der Waals surface area contributed by atoms with E-state index in [2.05, 4.69) is 39.9 Å². The lowest BCUT2D eigenvalue weighted by Gasteiger charge is -2.09. The lowest BCUT2D eigenvalue weighted by atomic mass is 10.2. The Morgan fingerprint density at radius 3 is 2.44 bits per heavy atom. The lowest BCUT2D eigenvalue weighted by Crippen LogP contribution is -2.30. The number of rotatable bonds is 4. The van der Waals surface area contributed by atoms with E-state index in [0.717, 1.165) is 6.54 Å². The summed E-state index contributed by atoms with van der Waals surface area (Å²) in [6.45, 7) is 11.6. The number of nitrogens with one attached hydrogen (secondary N) is 1. The summed E-state index contributed by atoms with van der Waals surface area (Å²) in [7, 11) is 0. The van der Waals surface area contributed by atoms with Crippen LogP contribution in [0, 0.1) is 26.7 Å². The number of hydrogen-bond acceptors (Lipinski definition) is 1. The van der Waals surface area contributed by atoms with Gasteiger partial charge in [-0.25, -0.2) is 0 Å². The minimum Gasteiger partial charge on any atom is -0.354 e. The van der Waals surface area contributed by atoms with Crippen molar-refractivity contribution < 1.29 is 4.79 Å². The number of aryl methyl sites for hydroxylation is 1. The molecule has 90 valence electrons. The maximum atomic E-state index is 11.7. The van der Waals surface area contributed by atoms with Gasteiger partial charge in [-0.15, -0.1) is 0 Å². The van der Waals surface area contributed by atoms with E-state index < -0.39 is 0 Å². The van der Waals surface area contributed by atoms with Crippen molar-refractivity contribution in [1.82, 2.24) is 9.88 Å². The van der Waals surface area contributed by atoms with Crippen molar-refractivity contribution in [2.45, 2.75) is 41.2 Å². The average molecular weight is 222 g/mol. The number of carbonyl (C=O) groups excluding carboxylic acids is 1. The Morgan fingerprint density at radius 1 is 1.38 bits per heavy atom. The van der Waals surface area contributed by atoms with Crippen LogP contribution in [0.3, 0.4) is 0 Å². The predicted octanol–water partition coefficient (Wildman–Crippen LogP) is 2.19. The summed E-state index contributed by atoms with van der Waals surface area (Å²) < 4.78 is 2.01. The second-order valence-corrected chi connectivity index (χ2v) is 4.85. The molecule has 0 aliphatic heterocycles. The summed E-state index contributed by atoms with van der Waals surface area (Å²) in [5.74, 6) is 0.588. The molecule has 0 saturated carbocycles. The molecule has 3 heteroatoms. The van der Waals surface area contributed by atoms with Crippen LogP contribution < -0.4 is 5.32 Å². The minimum atomic E-state index is 0.0896. The molecule has 0 aliphatic carbocycles. The summed E-state index contributed by atoms with van der Waals surface area (Å²) in [5.41, 5.74) is 3.70. The zero-order chi connectivity index (χ0) is 12.3. The van der Waals surface area contributed by atoms with Crippen LogP contribution in [-0.2, 0) is 11.3 Å². The maximum Gasteiger partial charge on any atom is 0.239 e. The van der Waals surface area contributed by atoms with Gasteiger partial charge in [0, 0.05) is 18.4 Å². The maximum absolute atomic E-state index is 11.7. The first-order chi connectivity index (χ1) is 7.41. The first-order valence-corrected chi connectivity index (χ1v) is 5.81. The third-order valence-corrected chi connectivity index (χ3v) is 2.94. The van der Waals surface area contributed by atoms with Crippen LogP contribution in [0.5, 0.6) is 0 Å². The van der Waals surface area contributed by atoms with Gasteiger partial charge in [-0.05, 0) is 37.8 Å². The van der Waals surface area contributed by atoms with E-state index in [-0.39, 0.29) is 5.91 Å². The molecular weight excluding hydrogens is 200 g/mol. The molecule has 0 spiro atoms. The molecule has 1 rings (SSSR count). The van der Waals surface area contributed by atoms with E-state index in [0.29, 0.717) is 12.5 Å².